The number of pyridine rings is 1. The van der Waals surface area contributed by atoms with E-state index in [2.05, 4.69) is 15.4 Å². The maximum absolute atomic E-state index is 12.6. The van der Waals surface area contributed by atoms with Crippen molar-refractivity contribution in [2.75, 3.05) is 11.9 Å². The fourth-order valence-electron chi connectivity index (χ4n) is 2.43. The molecule has 2 aromatic heterocycles. The zero-order valence-electron chi connectivity index (χ0n) is 12.8. The summed E-state index contributed by atoms with van der Waals surface area (Å²) >= 11 is 0. The van der Waals surface area contributed by atoms with Crippen molar-refractivity contribution in [3.63, 3.8) is 0 Å². The number of ether oxygens (including phenoxy) is 1. The predicted molar refractivity (Wildman–Crippen MR) is 78.7 cm³/mol. The zero-order chi connectivity index (χ0) is 17.3. The van der Waals surface area contributed by atoms with Gasteiger partial charge in [-0.25, -0.2) is 4.98 Å². The van der Waals surface area contributed by atoms with Gasteiger partial charge >= 0.3 is 6.18 Å². The minimum Gasteiger partial charge on any atom is -0.368 e. The molecule has 1 N–H and O–H groups in total. The number of hydrogen-bond acceptors (Lipinski definition) is 4. The number of carbonyl (C=O) groups excluding carboxylic acids is 1. The van der Waals surface area contributed by atoms with Crippen LogP contribution in [0.4, 0.5) is 19.0 Å². The van der Waals surface area contributed by atoms with Crippen molar-refractivity contribution in [3.05, 3.63) is 35.7 Å². The Kier molecular flexibility index (Phi) is 4.27. The topological polar surface area (TPSA) is 69.0 Å². The standard InChI is InChI=1S/C15H15F3N4O2/c1-9-7-13(20-14(23)11-3-2-6-24-11)22(21-9)12-5-4-10(8-19-12)15(16,17)18/h4-5,7-8,11H,2-3,6H2,1H3,(H,20,23). The molecule has 3 rings (SSSR count). The average molecular weight is 340 g/mol. The number of hydrogen-bond donors (Lipinski definition) is 1. The van der Waals surface area contributed by atoms with Gasteiger partial charge in [0.1, 0.15) is 11.9 Å². The molecular weight excluding hydrogens is 325 g/mol. The van der Waals surface area contributed by atoms with E-state index in [0.29, 0.717) is 24.5 Å². The lowest BCUT2D eigenvalue weighted by atomic mass is 10.2. The first-order chi connectivity index (χ1) is 11.3. The van der Waals surface area contributed by atoms with Crippen LogP contribution in [-0.2, 0) is 15.7 Å². The molecule has 24 heavy (non-hydrogen) atoms. The summed E-state index contributed by atoms with van der Waals surface area (Å²) in [5.74, 6) is 0.208. The number of rotatable bonds is 3. The molecule has 1 fully saturated rings. The van der Waals surface area contributed by atoms with Crippen LogP contribution in [0.1, 0.15) is 24.1 Å². The van der Waals surface area contributed by atoms with Crippen LogP contribution in [0.5, 0.6) is 0 Å². The van der Waals surface area contributed by atoms with Crippen molar-refractivity contribution in [2.24, 2.45) is 0 Å². The highest BCUT2D eigenvalue weighted by Gasteiger charge is 2.31. The highest BCUT2D eigenvalue weighted by atomic mass is 19.4. The van der Waals surface area contributed by atoms with Crippen molar-refractivity contribution in [1.29, 1.82) is 0 Å². The number of aromatic nitrogens is 3. The van der Waals surface area contributed by atoms with Crippen molar-refractivity contribution >= 4 is 11.7 Å². The summed E-state index contributed by atoms with van der Waals surface area (Å²) < 4.78 is 44.5. The molecule has 1 atom stereocenters. The second kappa shape index (κ2) is 6.23. The van der Waals surface area contributed by atoms with E-state index in [1.54, 1.807) is 13.0 Å². The number of halogens is 3. The van der Waals surface area contributed by atoms with Crippen LogP contribution < -0.4 is 5.32 Å². The molecule has 9 heteroatoms. The molecular formula is C15H15F3N4O2. The van der Waals surface area contributed by atoms with Crippen LogP contribution in [-0.4, -0.2) is 33.4 Å². The lowest BCUT2D eigenvalue weighted by Gasteiger charge is -2.12. The number of alkyl halides is 3. The van der Waals surface area contributed by atoms with Crippen LogP contribution in [0, 0.1) is 6.92 Å². The third-order valence-corrected chi connectivity index (χ3v) is 3.60. The molecule has 1 aliphatic heterocycles. The Morgan fingerprint density at radius 3 is 2.79 bits per heavy atom. The molecule has 2 aromatic rings. The molecule has 0 radical (unpaired) electrons. The Morgan fingerprint density at radius 2 is 2.21 bits per heavy atom. The Labute approximate surface area is 135 Å². The third kappa shape index (κ3) is 3.40. The second-order valence-corrected chi connectivity index (χ2v) is 5.48. The first-order valence-electron chi connectivity index (χ1n) is 7.37. The van der Waals surface area contributed by atoms with Gasteiger partial charge in [0.15, 0.2) is 5.82 Å². The van der Waals surface area contributed by atoms with E-state index in [1.165, 1.54) is 10.7 Å². The first kappa shape index (κ1) is 16.4. The number of nitrogens with one attached hydrogen (secondary N) is 1. The highest BCUT2D eigenvalue weighted by molar-refractivity contribution is 5.93. The minimum absolute atomic E-state index is 0.179. The Hall–Kier alpha value is -2.42. The van der Waals surface area contributed by atoms with Gasteiger partial charge in [-0.15, -0.1) is 0 Å². The summed E-state index contributed by atoms with van der Waals surface area (Å²) in [4.78, 5) is 15.9. The molecule has 0 saturated carbocycles. The zero-order valence-corrected chi connectivity index (χ0v) is 12.8. The van der Waals surface area contributed by atoms with E-state index in [4.69, 9.17) is 4.74 Å². The summed E-state index contributed by atoms with van der Waals surface area (Å²) in [6, 6.07) is 3.74. The van der Waals surface area contributed by atoms with Crippen LogP contribution in [0.3, 0.4) is 0 Å². The maximum atomic E-state index is 12.6. The van der Waals surface area contributed by atoms with E-state index in [-0.39, 0.29) is 11.7 Å². The van der Waals surface area contributed by atoms with Gasteiger partial charge in [-0.05, 0) is 31.9 Å². The second-order valence-electron chi connectivity index (χ2n) is 5.48. The fourth-order valence-corrected chi connectivity index (χ4v) is 2.43. The van der Waals surface area contributed by atoms with Crippen molar-refractivity contribution < 1.29 is 22.7 Å². The fraction of sp³-hybridized carbons (Fsp3) is 0.400. The monoisotopic (exact) mass is 340 g/mol. The molecule has 0 aliphatic carbocycles. The Bertz CT molecular complexity index is 734. The molecule has 0 aromatic carbocycles. The molecule has 6 nitrogen and oxygen atoms in total. The van der Waals surface area contributed by atoms with E-state index in [9.17, 15) is 18.0 Å². The summed E-state index contributed by atoms with van der Waals surface area (Å²) in [5.41, 5.74) is -0.251. The average Bonchev–Trinajstić information content (AvgIpc) is 3.16. The quantitative estimate of drug-likeness (QED) is 0.933. The van der Waals surface area contributed by atoms with Crippen molar-refractivity contribution in [3.8, 4) is 5.82 Å². The summed E-state index contributed by atoms with van der Waals surface area (Å²) in [6.45, 7) is 2.25. The predicted octanol–water partition coefficient (Wildman–Crippen LogP) is 2.71. The highest BCUT2D eigenvalue weighted by Crippen LogP contribution is 2.29. The van der Waals surface area contributed by atoms with E-state index in [0.717, 1.165) is 18.7 Å². The number of aryl methyl sites for hydroxylation is 1. The van der Waals surface area contributed by atoms with E-state index < -0.39 is 17.8 Å². The molecule has 0 spiro atoms. The van der Waals surface area contributed by atoms with Gasteiger partial charge in [-0.3, -0.25) is 4.79 Å². The third-order valence-electron chi connectivity index (χ3n) is 3.60. The lowest BCUT2D eigenvalue weighted by Crippen LogP contribution is -2.28. The molecule has 3 heterocycles. The van der Waals surface area contributed by atoms with Crippen LogP contribution >= 0.6 is 0 Å². The molecule has 128 valence electrons. The molecule has 1 aliphatic rings. The minimum atomic E-state index is -4.46. The lowest BCUT2D eigenvalue weighted by molar-refractivity contribution is -0.137. The normalized spacial score (nSPS) is 17.9. The Balaban J connectivity index is 1.84. The van der Waals surface area contributed by atoms with Gasteiger partial charge in [-0.2, -0.15) is 23.0 Å². The number of carbonyl (C=O) groups is 1. The number of anilines is 1. The van der Waals surface area contributed by atoms with Gasteiger partial charge in [-0.1, -0.05) is 0 Å². The summed E-state index contributed by atoms with van der Waals surface area (Å²) in [7, 11) is 0. The number of nitrogens with zero attached hydrogens (tertiary/aromatic N) is 3. The largest absolute Gasteiger partial charge is 0.417 e. The van der Waals surface area contributed by atoms with Gasteiger partial charge < -0.3 is 10.1 Å². The molecule has 0 bridgehead atoms. The molecule has 1 unspecified atom stereocenters. The first-order valence-corrected chi connectivity index (χ1v) is 7.37. The van der Waals surface area contributed by atoms with Gasteiger partial charge in [0.25, 0.3) is 5.91 Å². The van der Waals surface area contributed by atoms with Gasteiger partial charge in [0.2, 0.25) is 0 Å². The number of amides is 1. The summed E-state index contributed by atoms with van der Waals surface area (Å²) in [5, 5.41) is 6.86. The summed E-state index contributed by atoms with van der Waals surface area (Å²) in [6.07, 6.45) is -2.79. The molecule has 1 amide bonds. The van der Waals surface area contributed by atoms with Crippen LogP contribution in [0.15, 0.2) is 24.4 Å². The van der Waals surface area contributed by atoms with Gasteiger partial charge in [0, 0.05) is 18.9 Å². The Morgan fingerprint density at radius 1 is 1.42 bits per heavy atom. The van der Waals surface area contributed by atoms with Crippen LogP contribution in [0.2, 0.25) is 0 Å². The maximum Gasteiger partial charge on any atom is 0.417 e. The van der Waals surface area contributed by atoms with E-state index in [1.807, 2.05) is 0 Å². The van der Waals surface area contributed by atoms with Crippen molar-refractivity contribution in [2.45, 2.75) is 32.0 Å². The smallest absolute Gasteiger partial charge is 0.368 e. The van der Waals surface area contributed by atoms with Crippen molar-refractivity contribution in [1.82, 2.24) is 14.8 Å². The van der Waals surface area contributed by atoms with Gasteiger partial charge in [0.05, 0.1) is 11.3 Å². The SMILES string of the molecule is Cc1cc(NC(=O)C2CCCO2)n(-c2ccc(C(F)(F)F)cn2)n1. The molecule has 1 saturated heterocycles. The van der Waals surface area contributed by atoms with Crippen LogP contribution in [0.25, 0.3) is 5.82 Å². The van der Waals surface area contributed by atoms with E-state index >= 15 is 0 Å².